The number of rotatable bonds is 1. The van der Waals surface area contributed by atoms with Crippen LogP contribution in [0.5, 0.6) is 0 Å². The van der Waals surface area contributed by atoms with Crippen molar-refractivity contribution in [3.63, 3.8) is 0 Å². The van der Waals surface area contributed by atoms with E-state index < -0.39 is 0 Å². The van der Waals surface area contributed by atoms with Gasteiger partial charge in [0.15, 0.2) is 0 Å². The molecule has 92 valence electrons. The van der Waals surface area contributed by atoms with Gasteiger partial charge in [0.2, 0.25) is 5.91 Å². The van der Waals surface area contributed by atoms with Crippen LogP contribution < -0.4 is 5.32 Å². The SMILES string of the molecule is CC1CN(C)CCN1C(=O)C1(C)CCCN1. The van der Waals surface area contributed by atoms with Gasteiger partial charge < -0.3 is 15.1 Å². The predicted molar refractivity (Wildman–Crippen MR) is 64.3 cm³/mol. The van der Waals surface area contributed by atoms with Crippen molar-refractivity contribution in [3.8, 4) is 0 Å². The van der Waals surface area contributed by atoms with Crippen molar-refractivity contribution < 1.29 is 4.79 Å². The Morgan fingerprint density at radius 2 is 2.19 bits per heavy atom. The predicted octanol–water partition coefficient (Wildman–Crippen LogP) is 0.291. The molecule has 0 radical (unpaired) electrons. The molecule has 4 heteroatoms. The van der Waals surface area contributed by atoms with E-state index in [-0.39, 0.29) is 5.54 Å². The minimum Gasteiger partial charge on any atom is -0.336 e. The molecule has 0 saturated carbocycles. The van der Waals surface area contributed by atoms with E-state index in [9.17, 15) is 4.79 Å². The van der Waals surface area contributed by atoms with Gasteiger partial charge >= 0.3 is 0 Å². The third-order valence-electron chi connectivity index (χ3n) is 3.93. The molecule has 1 N–H and O–H groups in total. The molecule has 16 heavy (non-hydrogen) atoms. The van der Waals surface area contributed by atoms with Crippen LogP contribution in [-0.4, -0.2) is 60.5 Å². The summed E-state index contributed by atoms with van der Waals surface area (Å²) in [7, 11) is 2.12. The molecule has 2 fully saturated rings. The summed E-state index contributed by atoms with van der Waals surface area (Å²) < 4.78 is 0. The first-order valence-electron chi connectivity index (χ1n) is 6.27. The lowest BCUT2D eigenvalue weighted by atomic mass is 9.97. The van der Waals surface area contributed by atoms with Crippen molar-refractivity contribution in [2.24, 2.45) is 0 Å². The number of likely N-dealkylation sites (N-methyl/N-ethyl adjacent to an activating group) is 1. The summed E-state index contributed by atoms with van der Waals surface area (Å²) in [6.07, 6.45) is 2.09. The largest absolute Gasteiger partial charge is 0.336 e. The van der Waals surface area contributed by atoms with Crippen LogP contribution in [0.4, 0.5) is 0 Å². The molecule has 0 aromatic heterocycles. The summed E-state index contributed by atoms with van der Waals surface area (Å²) in [5.41, 5.74) is -0.301. The second-order valence-electron chi connectivity index (χ2n) is 5.47. The zero-order valence-electron chi connectivity index (χ0n) is 10.6. The summed E-state index contributed by atoms with van der Waals surface area (Å²) in [4.78, 5) is 16.8. The molecule has 1 amide bonds. The van der Waals surface area contributed by atoms with E-state index in [0.717, 1.165) is 39.0 Å². The normalized spacial score (nSPS) is 36.7. The maximum Gasteiger partial charge on any atom is 0.242 e. The molecule has 2 aliphatic rings. The minimum absolute atomic E-state index is 0.297. The number of carbonyl (C=O) groups excluding carboxylic acids is 1. The molecular formula is C12H23N3O. The Bertz CT molecular complexity index is 273. The zero-order chi connectivity index (χ0) is 11.8. The fourth-order valence-corrected chi connectivity index (χ4v) is 2.84. The van der Waals surface area contributed by atoms with E-state index in [2.05, 4.69) is 29.1 Å². The Morgan fingerprint density at radius 3 is 2.75 bits per heavy atom. The zero-order valence-corrected chi connectivity index (χ0v) is 10.6. The monoisotopic (exact) mass is 225 g/mol. The number of piperazine rings is 1. The van der Waals surface area contributed by atoms with Crippen molar-refractivity contribution in [1.29, 1.82) is 0 Å². The molecule has 2 atom stereocenters. The summed E-state index contributed by atoms with van der Waals surface area (Å²) in [6.45, 7) is 8.02. The lowest BCUT2D eigenvalue weighted by Crippen LogP contribution is -2.60. The Labute approximate surface area is 98.0 Å². The molecule has 0 aromatic rings. The first-order valence-corrected chi connectivity index (χ1v) is 6.27. The Balaban J connectivity index is 2.04. The van der Waals surface area contributed by atoms with Crippen molar-refractivity contribution >= 4 is 5.91 Å². The molecule has 2 saturated heterocycles. The first kappa shape index (κ1) is 11.9. The van der Waals surface area contributed by atoms with Crippen LogP contribution in [0, 0.1) is 0 Å². The van der Waals surface area contributed by atoms with Crippen LogP contribution in [0.1, 0.15) is 26.7 Å². The standard InChI is InChI=1S/C12H23N3O/c1-10-9-14(3)7-8-15(10)11(16)12(2)5-4-6-13-12/h10,13H,4-9H2,1-3H3. The molecule has 0 aromatic carbocycles. The lowest BCUT2D eigenvalue weighted by Gasteiger charge is -2.41. The molecule has 2 heterocycles. The maximum atomic E-state index is 12.5. The fraction of sp³-hybridized carbons (Fsp3) is 0.917. The van der Waals surface area contributed by atoms with Gasteiger partial charge in [-0.25, -0.2) is 0 Å². The summed E-state index contributed by atoms with van der Waals surface area (Å²) in [5.74, 6) is 0.297. The van der Waals surface area contributed by atoms with E-state index in [1.807, 2.05) is 6.92 Å². The number of nitrogens with one attached hydrogen (secondary N) is 1. The molecule has 2 aliphatic heterocycles. The Hall–Kier alpha value is -0.610. The van der Waals surface area contributed by atoms with E-state index in [1.54, 1.807) is 0 Å². The van der Waals surface area contributed by atoms with Crippen LogP contribution in [0.25, 0.3) is 0 Å². The van der Waals surface area contributed by atoms with Gasteiger partial charge in [-0.1, -0.05) is 0 Å². The molecule has 2 rings (SSSR count). The number of amides is 1. The van der Waals surface area contributed by atoms with Crippen molar-refractivity contribution in [3.05, 3.63) is 0 Å². The summed E-state index contributed by atoms with van der Waals surface area (Å²) in [6, 6.07) is 0.338. The third kappa shape index (κ3) is 2.09. The molecule has 0 bridgehead atoms. The Morgan fingerprint density at radius 1 is 1.44 bits per heavy atom. The minimum atomic E-state index is -0.301. The van der Waals surface area contributed by atoms with E-state index >= 15 is 0 Å². The number of carbonyl (C=O) groups is 1. The van der Waals surface area contributed by atoms with Gasteiger partial charge in [0, 0.05) is 25.7 Å². The van der Waals surface area contributed by atoms with Crippen LogP contribution in [0.15, 0.2) is 0 Å². The second kappa shape index (κ2) is 4.34. The molecule has 4 nitrogen and oxygen atoms in total. The number of nitrogens with zero attached hydrogens (tertiary/aromatic N) is 2. The van der Waals surface area contributed by atoms with Crippen molar-refractivity contribution in [1.82, 2.24) is 15.1 Å². The molecule has 2 unspecified atom stereocenters. The average molecular weight is 225 g/mol. The number of hydrogen-bond donors (Lipinski definition) is 1. The highest BCUT2D eigenvalue weighted by Crippen LogP contribution is 2.23. The van der Waals surface area contributed by atoms with Gasteiger partial charge in [0.25, 0.3) is 0 Å². The van der Waals surface area contributed by atoms with Crippen LogP contribution in [0.3, 0.4) is 0 Å². The highest BCUT2D eigenvalue weighted by Gasteiger charge is 2.41. The average Bonchev–Trinajstić information content (AvgIpc) is 2.66. The molecule has 0 aliphatic carbocycles. The second-order valence-corrected chi connectivity index (χ2v) is 5.47. The summed E-state index contributed by atoms with van der Waals surface area (Å²) in [5, 5.41) is 3.36. The van der Waals surface area contributed by atoms with Gasteiger partial charge in [-0.2, -0.15) is 0 Å². The lowest BCUT2D eigenvalue weighted by molar-refractivity contribution is -0.141. The van der Waals surface area contributed by atoms with Crippen molar-refractivity contribution in [2.75, 3.05) is 33.2 Å². The smallest absolute Gasteiger partial charge is 0.242 e. The van der Waals surface area contributed by atoms with Gasteiger partial charge in [-0.3, -0.25) is 4.79 Å². The van der Waals surface area contributed by atoms with E-state index in [4.69, 9.17) is 0 Å². The van der Waals surface area contributed by atoms with Crippen LogP contribution in [0.2, 0.25) is 0 Å². The topological polar surface area (TPSA) is 35.6 Å². The highest BCUT2D eigenvalue weighted by molar-refractivity contribution is 5.86. The maximum absolute atomic E-state index is 12.5. The van der Waals surface area contributed by atoms with Crippen LogP contribution >= 0.6 is 0 Å². The van der Waals surface area contributed by atoms with Gasteiger partial charge in [-0.05, 0) is 40.3 Å². The quantitative estimate of drug-likeness (QED) is 0.697. The van der Waals surface area contributed by atoms with Crippen LogP contribution in [-0.2, 0) is 4.79 Å². The van der Waals surface area contributed by atoms with Gasteiger partial charge in [-0.15, -0.1) is 0 Å². The number of hydrogen-bond acceptors (Lipinski definition) is 3. The first-order chi connectivity index (χ1) is 7.53. The van der Waals surface area contributed by atoms with Gasteiger partial charge in [0.05, 0.1) is 5.54 Å². The third-order valence-corrected chi connectivity index (χ3v) is 3.93. The van der Waals surface area contributed by atoms with E-state index in [1.165, 1.54) is 0 Å². The Kier molecular flexibility index (Phi) is 3.22. The van der Waals surface area contributed by atoms with Crippen molar-refractivity contribution in [2.45, 2.75) is 38.3 Å². The van der Waals surface area contributed by atoms with Gasteiger partial charge in [0.1, 0.15) is 0 Å². The molecule has 0 spiro atoms. The fourth-order valence-electron chi connectivity index (χ4n) is 2.84. The summed E-state index contributed by atoms with van der Waals surface area (Å²) >= 11 is 0. The highest BCUT2D eigenvalue weighted by atomic mass is 16.2. The molecular weight excluding hydrogens is 202 g/mol. The van der Waals surface area contributed by atoms with E-state index in [0.29, 0.717) is 11.9 Å².